The maximum Gasteiger partial charge on any atom is 0.333 e. The first kappa shape index (κ1) is 23.8. The van der Waals surface area contributed by atoms with Crippen molar-refractivity contribution in [3.8, 4) is 11.5 Å². The molecular weight excluding hydrogens is 356 g/mol. The van der Waals surface area contributed by atoms with E-state index in [1.807, 2.05) is 0 Å². The normalized spacial score (nSPS) is 13.4. The largest absolute Gasteiger partial charge is 0.508 e. The van der Waals surface area contributed by atoms with Gasteiger partial charge in [-0.2, -0.15) is 0 Å². The van der Waals surface area contributed by atoms with Crippen LogP contribution in [0.5, 0.6) is 11.5 Å². The number of rotatable bonds is 2. The molecule has 1 fully saturated rings. The Morgan fingerprint density at radius 2 is 1.22 bits per heavy atom. The lowest BCUT2D eigenvalue weighted by Crippen LogP contribution is -2.12. The van der Waals surface area contributed by atoms with Gasteiger partial charge in [0.15, 0.2) is 0 Å². The Labute approximate surface area is 157 Å². The average molecular weight is 380 g/mol. The van der Waals surface area contributed by atoms with Crippen molar-refractivity contribution in [1.29, 1.82) is 0 Å². The van der Waals surface area contributed by atoms with Crippen molar-refractivity contribution in [2.24, 2.45) is 0 Å². The highest BCUT2D eigenvalue weighted by Crippen LogP contribution is 2.13. The maximum absolute atomic E-state index is 10.7. The van der Waals surface area contributed by atoms with E-state index >= 15 is 0 Å². The van der Waals surface area contributed by atoms with Crippen LogP contribution in [0.3, 0.4) is 0 Å². The van der Waals surface area contributed by atoms with Gasteiger partial charge in [-0.3, -0.25) is 9.59 Å². The molecule has 0 saturated heterocycles. The molecule has 1 aliphatic rings. The Morgan fingerprint density at radius 3 is 1.52 bits per heavy atom. The van der Waals surface area contributed by atoms with Crippen LogP contribution in [0.4, 0.5) is 0 Å². The summed E-state index contributed by atoms with van der Waals surface area (Å²) in [5, 5.41) is 17.3. The molecule has 0 heterocycles. The number of phenols is 2. The molecule has 0 spiro atoms. The van der Waals surface area contributed by atoms with E-state index in [4.69, 9.17) is 10.2 Å². The van der Waals surface area contributed by atoms with Gasteiger partial charge in [-0.05, 0) is 31.2 Å². The second-order valence-electron chi connectivity index (χ2n) is 5.44. The number of carbonyl (C=O) groups is 4. The van der Waals surface area contributed by atoms with Gasteiger partial charge in [0, 0.05) is 37.3 Å². The smallest absolute Gasteiger partial charge is 0.333 e. The van der Waals surface area contributed by atoms with E-state index in [0.29, 0.717) is 25.7 Å². The Kier molecular flexibility index (Phi) is 11.6. The first-order chi connectivity index (χ1) is 12.7. The number of esters is 2. The molecule has 8 nitrogen and oxygen atoms in total. The Hall–Kier alpha value is -3.16. The van der Waals surface area contributed by atoms with Crippen LogP contribution in [0.15, 0.2) is 35.9 Å². The number of methoxy groups -OCH3 is 2. The van der Waals surface area contributed by atoms with Gasteiger partial charge >= 0.3 is 11.9 Å². The van der Waals surface area contributed by atoms with Crippen LogP contribution in [0.1, 0.15) is 32.6 Å². The number of benzene rings is 1. The fourth-order valence-corrected chi connectivity index (χ4v) is 1.72. The molecule has 0 aliphatic heterocycles. The molecule has 0 amide bonds. The van der Waals surface area contributed by atoms with Crippen LogP contribution < -0.4 is 0 Å². The third kappa shape index (κ3) is 11.9. The molecule has 1 aromatic carbocycles. The molecule has 0 radical (unpaired) electrons. The highest BCUT2D eigenvalue weighted by molar-refractivity contribution is 5.95. The van der Waals surface area contributed by atoms with E-state index in [0.717, 1.165) is 6.08 Å². The van der Waals surface area contributed by atoms with Crippen LogP contribution >= 0.6 is 0 Å². The average Bonchev–Trinajstić information content (AvgIpc) is 2.66. The van der Waals surface area contributed by atoms with Gasteiger partial charge < -0.3 is 19.7 Å². The summed E-state index contributed by atoms with van der Waals surface area (Å²) >= 11 is 0. The van der Waals surface area contributed by atoms with Gasteiger partial charge in [-0.25, -0.2) is 9.59 Å². The molecule has 1 aromatic rings. The number of phenolic OH excluding ortho intramolecular Hbond substituents is 2. The molecule has 27 heavy (non-hydrogen) atoms. The minimum absolute atomic E-state index is 0.169. The lowest BCUT2D eigenvalue weighted by molar-refractivity contribution is -0.138. The molecule has 2 N–H and O–H groups in total. The van der Waals surface area contributed by atoms with Crippen molar-refractivity contribution in [3.05, 3.63) is 35.9 Å². The third-order valence-electron chi connectivity index (χ3n) is 3.26. The summed E-state index contributed by atoms with van der Waals surface area (Å²) in [5.41, 5.74) is 0.222. The SMILES string of the molecule is COC(=O)/C=C(/C)C(=O)OC.O=C1CCC(=O)CC1.Oc1ccc(O)cc1. The fourth-order valence-electron chi connectivity index (χ4n) is 1.72. The quantitative estimate of drug-likeness (QED) is 0.453. The second-order valence-corrected chi connectivity index (χ2v) is 5.44. The summed E-state index contributed by atoms with van der Waals surface area (Å²) in [6.45, 7) is 1.47. The van der Waals surface area contributed by atoms with Crippen molar-refractivity contribution in [1.82, 2.24) is 0 Å². The van der Waals surface area contributed by atoms with Gasteiger partial charge in [0.25, 0.3) is 0 Å². The number of ether oxygens (including phenoxy) is 2. The minimum Gasteiger partial charge on any atom is -0.508 e. The van der Waals surface area contributed by atoms with E-state index in [2.05, 4.69) is 9.47 Å². The van der Waals surface area contributed by atoms with Gasteiger partial charge in [0.05, 0.1) is 14.2 Å². The van der Waals surface area contributed by atoms with Gasteiger partial charge in [0.2, 0.25) is 0 Å². The molecule has 0 atom stereocenters. The van der Waals surface area contributed by atoms with Crippen LogP contribution in [0.25, 0.3) is 0 Å². The van der Waals surface area contributed by atoms with Gasteiger partial charge in [0.1, 0.15) is 23.1 Å². The molecule has 1 aliphatic carbocycles. The topological polar surface area (TPSA) is 127 Å². The number of hydrogen-bond acceptors (Lipinski definition) is 8. The summed E-state index contributed by atoms with van der Waals surface area (Å²) < 4.78 is 8.63. The summed E-state index contributed by atoms with van der Waals surface area (Å²) in [6, 6.07) is 5.70. The fraction of sp³-hybridized carbons (Fsp3) is 0.368. The standard InChI is InChI=1S/C7H10O4.C6H8O2.C6H6O2/c1-5(7(9)11-3)4-6(8)10-2;2*7-5-1-2-6(8)4-3-5/h4H,1-3H3;1-4H2;1-4,7-8H/b5-4-;;. The highest BCUT2D eigenvalue weighted by atomic mass is 16.5. The van der Waals surface area contributed by atoms with E-state index in [9.17, 15) is 19.2 Å². The maximum atomic E-state index is 10.7. The third-order valence-corrected chi connectivity index (χ3v) is 3.26. The molecule has 0 unspecified atom stereocenters. The van der Waals surface area contributed by atoms with Crippen molar-refractivity contribution in [3.63, 3.8) is 0 Å². The molecular formula is C19H24O8. The molecule has 0 aromatic heterocycles. The summed E-state index contributed by atoms with van der Waals surface area (Å²) in [6.07, 6.45) is 3.02. The van der Waals surface area contributed by atoms with Crippen molar-refractivity contribution >= 4 is 23.5 Å². The van der Waals surface area contributed by atoms with Crippen LogP contribution in [0.2, 0.25) is 0 Å². The predicted molar refractivity (Wildman–Crippen MR) is 96.0 cm³/mol. The molecule has 148 valence electrons. The molecule has 0 bridgehead atoms. The summed E-state index contributed by atoms with van der Waals surface area (Å²) in [5.74, 6) is -0.275. The summed E-state index contributed by atoms with van der Waals surface area (Å²) in [7, 11) is 2.49. The number of Topliss-reactive ketones (excluding diaryl/α,β-unsaturated/α-hetero) is 2. The lowest BCUT2D eigenvalue weighted by atomic mass is 9.98. The predicted octanol–water partition coefficient (Wildman–Crippen LogP) is 2.08. The van der Waals surface area contributed by atoms with Crippen LogP contribution in [-0.4, -0.2) is 47.9 Å². The van der Waals surface area contributed by atoms with Crippen molar-refractivity contribution < 1.29 is 38.9 Å². The Morgan fingerprint density at radius 1 is 0.852 bits per heavy atom. The number of hydrogen-bond donors (Lipinski definition) is 2. The minimum atomic E-state index is -0.562. The van der Waals surface area contributed by atoms with E-state index in [1.54, 1.807) is 0 Å². The van der Waals surface area contributed by atoms with Gasteiger partial charge in [-0.15, -0.1) is 0 Å². The van der Waals surface area contributed by atoms with E-state index in [1.165, 1.54) is 45.4 Å². The first-order valence-corrected chi connectivity index (χ1v) is 8.05. The molecule has 2 rings (SSSR count). The van der Waals surface area contributed by atoms with Crippen LogP contribution in [-0.2, 0) is 28.7 Å². The zero-order chi connectivity index (χ0) is 20.8. The lowest BCUT2D eigenvalue weighted by Gasteiger charge is -2.04. The van der Waals surface area contributed by atoms with E-state index < -0.39 is 11.9 Å². The van der Waals surface area contributed by atoms with Crippen molar-refractivity contribution in [2.75, 3.05) is 14.2 Å². The highest BCUT2D eigenvalue weighted by Gasteiger charge is 2.13. The first-order valence-electron chi connectivity index (χ1n) is 8.05. The molecule has 1 saturated carbocycles. The van der Waals surface area contributed by atoms with Crippen molar-refractivity contribution in [2.45, 2.75) is 32.6 Å². The number of ketones is 2. The zero-order valence-electron chi connectivity index (χ0n) is 15.6. The van der Waals surface area contributed by atoms with Crippen LogP contribution in [0, 0.1) is 0 Å². The molecule has 8 heteroatoms. The number of carbonyl (C=O) groups excluding carboxylic acids is 4. The number of aromatic hydroxyl groups is 2. The monoisotopic (exact) mass is 380 g/mol. The Balaban J connectivity index is 0.000000381. The van der Waals surface area contributed by atoms with E-state index in [-0.39, 0.29) is 28.6 Å². The second kappa shape index (κ2) is 13.1. The summed E-state index contributed by atoms with van der Waals surface area (Å²) in [4.78, 5) is 42.1. The van der Waals surface area contributed by atoms with Gasteiger partial charge in [-0.1, -0.05) is 0 Å². The Bertz CT molecular complexity index is 624. The zero-order valence-corrected chi connectivity index (χ0v) is 15.6.